The summed E-state index contributed by atoms with van der Waals surface area (Å²) in [6, 6.07) is 6.98. The Morgan fingerprint density at radius 1 is 1.33 bits per heavy atom. The lowest BCUT2D eigenvalue weighted by molar-refractivity contribution is -0.115. The number of hydrogen-bond donors (Lipinski definition) is 3. The predicted molar refractivity (Wildman–Crippen MR) is 83.3 cm³/mol. The first kappa shape index (κ1) is 15.3. The summed E-state index contributed by atoms with van der Waals surface area (Å²) in [5, 5.41) is 8.91. The van der Waals surface area contributed by atoms with Crippen LogP contribution in [0.25, 0.3) is 0 Å². The van der Waals surface area contributed by atoms with E-state index in [2.05, 4.69) is 22.0 Å². The van der Waals surface area contributed by atoms with E-state index in [-0.39, 0.29) is 11.8 Å². The molecule has 1 aliphatic rings. The van der Waals surface area contributed by atoms with Gasteiger partial charge in [-0.3, -0.25) is 9.59 Å². The normalized spacial score (nSPS) is 14.2. The molecule has 0 bridgehead atoms. The van der Waals surface area contributed by atoms with Gasteiger partial charge in [-0.25, -0.2) is 0 Å². The van der Waals surface area contributed by atoms with Gasteiger partial charge in [0.15, 0.2) is 0 Å². The molecule has 112 valence electrons. The van der Waals surface area contributed by atoms with Crippen LogP contribution in [0.3, 0.4) is 0 Å². The molecule has 0 aliphatic carbocycles. The maximum Gasteiger partial charge on any atom is 0.251 e. The molecule has 0 saturated carbocycles. The fourth-order valence-corrected chi connectivity index (χ4v) is 2.11. The summed E-state index contributed by atoms with van der Waals surface area (Å²) < 4.78 is 0. The average molecular weight is 287 g/mol. The highest BCUT2D eigenvalue weighted by Gasteiger charge is 2.09. The molecule has 2 rings (SSSR count). The topological polar surface area (TPSA) is 70.2 Å². The van der Waals surface area contributed by atoms with E-state index in [4.69, 9.17) is 0 Å². The van der Waals surface area contributed by atoms with Gasteiger partial charge in [-0.1, -0.05) is 24.6 Å². The second kappa shape index (κ2) is 7.59. The Hall–Kier alpha value is -2.14. The first-order chi connectivity index (χ1) is 10.2. The molecule has 1 aromatic carbocycles. The number of carbonyl (C=O) groups is 2. The van der Waals surface area contributed by atoms with Gasteiger partial charge in [0.25, 0.3) is 5.91 Å². The maximum absolute atomic E-state index is 12.1. The number of amides is 2. The summed E-state index contributed by atoms with van der Waals surface area (Å²) >= 11 is 0. The van der Waals surface area contributed by atoms with E-state index in [9.17, 15) is 9.59 Å². The SMILES string of the molecule is CCC(=O)Nc1cccc(C(=O)NCC2=CCNCC2)c1. The lowest BCUT2D eigenvalue weighted by atomic mass is 10.1. The molecule has 3 N–H and O–H groups in total. The predicted octanol–water partition coefficient (Wildman–Crippen LogP) is 1.68. The summed E-state index contributed by atoms with van der Waals surface area (Å²) in [7, 11) is 0. The van der Waals surface area contributed by atoms with Gasteiger partial charge < -0.3 is 16.0 Å². The second-order valence-corrected chi connectivity index (χ2v) is 4.98. The smallest absolute Gasteiger partial charge is 0.251 e. The quantitative estimate of drug-likeness (QED) is 0.722. The van der Waals surface area contributed by atoms with Crippen LogP contribution >= 0.6 is 0 Å². The molecule has 0 atom stereocenters. The third-order valence-corrected chi connectivity index (χ3v) is 3.36. The van der Waals surface area contributed by atoms with E-state index in [1.807, 2.05) is 0 Å². The summed E-state index contributed by atoms with van der Waals surface area (Å²) in [6.45, 7) is 4.19. The molecule has 1 aromatic rings. The van der Waals surface area contributed by atoms with Gasteiger partial charge in [-0.05, 0) is 31.2 Å². The van der Waals surface area contributed by atoms with Gasteiger partial charge in [0.05, 0.1) is 0 Å². The van der Waals surface area contributed by atoms with Crippen LogP contribution in [0.2, 0.25) is 0 Å². The van der Waals surface area contributed by atoms with E-state index in [0.29, 0.717) is 24.2 Å². The summed E-state index contributed by atoms with van der Waals surface area (Å²) in [5.41, 5.74) is 2.45. The minimum Gasteiger partial charge on any atom is -0.348 e. The van der Waals surface area contributed by atoms with Crippen molar-refractivity contribution in [1.29, 1.82) is 0 Å². The zero-order chi connectivity index (χ0) is 15.1. The van der Waals surface area contributed by atoms with Crippen molar-refractivity contribution >= 4 is 17.5 Å². The fraction of sp³-hybridized carbons (Fsp3) is 0.375. The Balaban J connectivity index is 1.94. The van der Waals surface area contributed by atoms with Crippen LogP contribution in [0, 0.1) is 0 Å². The largest absolute Gasteiger partial charge is 0.348 e. The zero-order valence-electron chi connectivity index (χ0n) is 12.2. The lowest BCUT2D eigenvalue weighted by Crippen LogP contribution is -2.29. The Morgan fingerprint density at radius 2 is 2.19 bits per heavy atom. The Kier molecular flexibility index (Phi) is 5.51. The molecule has 1 aliphatic heterocycles. The number of benzene rings is 1. The minimum absolute atomic E-state index is 0.0626. The third kappa shape index (κ3) is 4.72. The molecular weight excluding hydrogens is 266 g/mol. The van der Waals surface area contributed by atoms with Crippen LogP contribution in [0.15, 0.2) is 35.9 Å². The Bertz CT molecular complexity index is 552. The molecule has 0 aromatic heterocycles. The van der Waals surface area contributed by atoms with Crippen molar-refractivity contribution in [1.82, 2.24) is 10.6 Å². The lowest BCUT2D eigenvalue weighted by Gasteiger charge is -2.14. The highest BCUT2D eigenvalue weighted by Crippen LogP contribution is 2.11. The Labute approximate surface area is 124 Å². The van der Waals surface area contributed by atoms with Crippen molar-refractivity contribution in [2.45, 2.75) is 19.8 Å². The van der Waals surface area contributed by atoms with Gasteiger partial charge in [-0.15, -0.1) is 0 Å². The Morgan fingerprint density at radius 3 is 2.90 bits per heavy atom. The van der Waals surface area contributed by atoms with Crippen molar-refractivity contribution < 1.29 is 9.59 Å². The third-order valence-electron chi connectivity index (χ3n) is 3.36. The van der Waals surface area contributed by atoms with E-state index in [0.717, 1.165) is 19.5 Å². The zero-order valence-corrected chi connectivity index (χ0v) is 12.2. The van der Waals surface area contributed by atoms with Crippen molar-refractivity contribution in [3.63, 3.8) is 0 Å². The monoisotopic (exact) mass is 287 g/mol. The van der Waals surface area contributed by atoms with Crippen molar-refractivity contribution in [2.75, 3.05) is 25.0 Å². The second-order valence-electron chi connectivity index (χ2n) is 4.98. The fourth-order valence-electron chi connectivity index (χ4n) is 2.11. The molecule has 0 unspecified atom stereocenters. The molecule has 0 radical (unpaired) electrons. The highest BCUT2D eigenvalue weighted by molar-refractivity contribution is 5.97. The van der Waals surface area contributed by atoms with Gasteiger partial charge in [0.1, 0.15) is 0 Å². The number of anilines is 1. The first-order valence-electron chi connectivity index (χ1n) is 7.25. The van der Waals surface area contributed by atoms with Crippen molar-refractivity contribution in [2.24, 2.45) is 0 Å². The first-order valence-corrected chi connectivity index (χ1v) is 7.25. The van der Waals surface area contributed by atoms with Gasteiger partial charge >= 0.3 is 0 Å². The number of nitrogens with one attached hydrogen (secondary N) is 3. The van der Waals surface area contributed by atoms with E-state index < -0.39 is 0 Å². The number of hydrogen-bond acceptors (Lipinski definition) is 3. The van der Waals surface area contributed by atoms with Gasteiger partial charge in [-0.2, -0.15) is 0 Å². The minimum atomic E-state index is -0.123. The van der Waals surface area contributed by atoms with Crippen LogP contribution in [-0.4, -0.2) is 31.4 Å². The van der Waals surface area contributed by atoms with Crippen LogP contribution < -0.4 is 16.0 Å². The van der Waals surface area contributed by atoms with Crippen molar-refractivity contribution in [3.8, 4) is 0 Å². The molecular formula is C16H21N3O2. The van der Waals surface area contributed by atoms with Crippen molar-refractivity contribution in [3.05, 3.63) is 41.5 Å². The standard InChI is InChI=1S/C16H21N3O2/c1-2-15(20)19-14-5-3-4-13(10-14)16(21)18-11-12-6-8-17-9-7-12/h3-6,10,17H,2,7-9,11H2,1H3,(H,18,21)(H,19,20). The van der Waals surface area contributed by atoms with Crippen LogP contribution in [0.1, 0.15) is 30.1 Å². The number of carbonyl (C=O) groups excluding carboxylic acids is 2. The maximum atomic E-state index is 12.1. The van der Waals surface area contributed by atoms with E-state index in [1.165, 1.54) is 5.57 Å². The summed E-state index contributed by atoms with van der Waals surface area (Å²) in [5.74, 6) is -0.186. The summed E-state index contributed by atoms with van der Waals surface area (Å²) in [6.07, 6.45) is 3.49. The van der Waals surface area contributed by atoms with E-state index >= 15 is 0 Å². The van der Waals surface area contributed by atoms with Gasteiger partial charge in [0, 0.05) is 30.8 Å². The van der Waals surface area contributed by atoms with Gasteiger partial charge in [0.2, 0.25) is 5.91 Å². The summed E-state index contributed by atoms with van der Waals surface area (Å²) in [4.78, 5) is 23.5. The molecule has 2 amide bonds. The number of rotatable bonds is 5. The molecule has 5 heteroatoms. The van der Waals surface area contributed by atoms with Crippen LogP contribution in [0.4, 0.5) is 5.69 Å². The molecule has 21 heavy (non-hydrogen) atoms. The molecule has 5 nitrogen and oxygen atoms in total. The molecule has 1 heterocycles. The molecule has 0 saturated heterocycles. The molecule has 0 fully saturated rings. The highest BCUT2D eigenvalue weighted by atomic mass is 16.2. The molecule has 0 spiro atoms. The van der Waals surface area contributed by atoms with E-state index in [1.54, 1.807) is 31.2 Å². The van der Waals surface area contributed by atoms with Crippen LogP contribution in [0.5, 0.6) is 0 Å². The average Bonchev–Trinajstić information content (AvgIpc) is 2.53. The van der Waals surface area contributed by atoms with Crippen LogP contribution in [-0.2, 0) is 4.79 Å².